The van der Waals surface area contributed by atoms with Crippen LogP contribution in [0.15, 0.2) is 24.3 Å². The van der Waals surface area contributed by atoms with Crippen LogP contribution in [0.2, 0.25) is 0 Å². The Morgan fingerprint density at radius 2 is 1.17 bits per heavy atom. The van der Waals surface area contributed by atoms with Gasteiger partial charge in [0.1, 0.15) is 0 Å². The van der Waals surface area contributed by atoms with Gasteiger partial charge in [-0.3, -0.25) is 24.5 Å². The summed E-state index contributed by atoms with van der Waals surface area (Å²) < 4.78 is 10.7. The number of methoxy groups -OCH3 is 1. The molecule has 1 aromatic carbocycles. The van der Waals surface area contributed by atoms with Crippen LogP contribution >= 0.6 is 0 Å². The van der Waals surface area contributed by atoms with Crippen molar-refractivity contribution in [3.63, 3.8) is 0 Å². The maximum Gasteiger partial charge on any atom is 0.0696 e. The maximum atomic E-state index is 5.69. The summed E-state index contributed by atoms with van der Waals surface area (Å²) in [5, 5.41) is 0. The Morgan fingerprint density at radius 1 is 0.667 bits per heavy atom. The first-order chi connectivity index (χ1) is 26.0. The summed E-state index contributed by atoms with van der Waals surface area (Å²) in [5.74, 6) is 2.45. The van der Waals surface area contributed by atoms with Crippen LogP contribution in [0.4, 0.5) is 0 Å². The zero-order chi connectivity index (χ0) is 41.3. The number of nitrogens with two attached hydrogens (primary N) is 6. The van der Waals surface area contributed by atoms with E-state index in [4.69, 9.17) is 43.9 Å². The van der Waals surface area contributed by atoms with Gasteiger partial charge in [0.25, 0.3) is 0 Å². The fourth-order valence-electron chi connectivity index (χ4n) is 6.04. The van der Waals surface area contributed by atoms with E-state index in [1.807, 2.05) is 9.80 Å². The summed E-state index contributed by atoms with van der Waals surface area (Å²) in [5.41, 5.74) is 35.9. The van der Waals surface area contributed by atoms with Crippen molar-refractivity contribution < 1.29 is 9.47 Å². The standard InChI is InChI=1S/C13H23N3.C12H27N3.C8H21N3O.C8H20N2O/c1-3-11(2)13-6-4-12(5-7-13)8-16(9-14)10-15;1-4-11-7-15(8-12(11)5-2)10-14(6-3)9-13;1-3-8(2)12-5-4-11(6-9)7-10;1-4-8(11-3)6-10(5-2)7-9/h4-7,11H,3,8-10,14-15H2,1-2H3;11-12H,4-10,13H2,1-3H3;8H,3-7,9-10H2,1-2H3;8H,4-7,9H2,1-3H3. The molecule has 1 fully saturated rings. The molecule has 0 aromatic heterocycles. The van der Waals surface area contributed by atoms with Gasteiger partial charge in [0, 0.05) is 79.8 Å². The Morgan fingerprint density at radius 3 is 1.54 bits per heavy atom. The molecule has 0 saturated carbocycles. The van der Waals surface area contributed by atoms with E-state index in [0.717, 1.165) is 64.1 Å². The van der Waals surface area contributed by atoms with Crippen molar-refractivity contribution in [2.24, 2.45) is 46.2 Å². The molecular weight excluding hydrogens is 679 g/mol. The third kappa shape index (κ3) is 25.1. The molecule has 1 heterocycles. The molecule has 1 saturated heterocycles. The van der Waals surface area contributed by atoms with E-state index in [0.29, 0.717) is 64.7 Å². The number of hydrogen-bond acceptors (Lipinski definition) is 13. The molecule has 54 heavy (non-hydrogen) atoms. The van der Waals surface area contributed by atoms with Crippen LogP contribution in [0.1, 0.15) is 111 Å². The van der Waals surface area contributed by atoms with Gasteiger partial charge in [-0.2, -0.15) is 0 Å². The number of ether oxygens (including phenoxy) is 2. The van der Waals surface area contributed by atoms with Gasteiger partial charge in [-0.05, 0) is 68.2 Å². The van der Waals surface area contributed by atoms with Crippen LogP contribution in [-0.2, 0) is 16.0 Å². The van der Waals surface area contributed by atoms with E-state index in [1.165, 1.54) is 43.5 Å². The second-order valence-corrected chi connectivity index (χ2v) is 14.4. The van der Waals surface area contributed by atoms with Crippen LogP contribution in [0.25, 0.3) is 0 Å². The highest BCUT2D eigenvalue weighted by Crippen LogP contribution is 2.28. The molecule has 1 aliphatic heterocycles. The van der Waals surface area contributed by atoms with Gasteiger partial charge in [-0.25, -0.2) is 0 Å². The van der Waals surface area contributed by atoms with Gasteiger partial charge < -0.3 is 43.9 Å². The predicted molar refractivity (Wildman–Crippen MR) is 232 cm³/mol. The number of likely N-dealkylation sites (tertiary alicyclic amines) is 1. The molecule has 13 heteroatoms. The summed E-state index contributed by atoms with van der Waals surface area (Å²) >= 11 is 0. The predicted octanol–water partition coefficient (Wildman–Crippen LogP) is 3.97. The Labute approximate surface area is 333 Å². The first-order valence-electron chi connectivity index (χ1n) is 21.0. The summed E-state index contributed by atoms with van der Waals surface area (Å²) in [6.45, 7) is 31.9. The van der Waals surface area contributed by atoms with Gasteiger partial charge in [-0.1, -0.05) is 92.5 Å². The Bertz CT molecular complexity index is 891. The third-order valence-corrected chi connectivity index (χ3v) is 10.7. The lowest BCUT2D eigenvalue weighted by atomic mass is 9.92. The second-order valence-electron chi connectivity index (χ2n) is 14.4. The molecule has 5 unspecified atom stereocenters. The Balaban J connectivity index is 0. The quantitative estimate of drug-likeness (QED) is 0.0785. The minimum Gasteiger partial charge on any atom is -0.380 e. The Hall–Kier alpha value is -1.30. The lowest BCUT2D eigenvalue weighted by Gasteiger charge is -2.25. The normalized spacial score (nSPS) is 17.5. The SMILES string of the molecule is CCC(C)OCCN(CN)CN.CCC(C)c1ccc(CN(CN)CN)cc1.CCC(CN(CC)CN)OC.CCC1CN(CN(CC)CN)CC1CC. The molecule has 0 aliphatic carbocycles. The van der Waals surface area contributed by atoms with Crippen molar-refractivity contribution in [3.05, 3.63) is 35.4 Å². The fraction of sp³-hybridized carbons (Fsp3) is 0.854. The molecule has 5 atom stereocenters. The lowest BCUT2D eigenvalue weighted by molar-refractivity contribution is 0.0471. The van der Waals surface area contributed by atoms with Crippen molar-refractivity contribution in [2.45, 2.75) is 119 Å². The Kier molecular flexibility index (Phi) is 36.6. The first kappa shape index (κ1) is 54.8. The zero-order valence-corrected chi connectivity index (χ0v) is 36.9. The van der Waals surface area contributed by atoms with Gasteiger partial charge in [-0.15, -0.1) is 0 Å². The summed E-state index contributed by atoms with van der Waals surface area (Å²) in [6.07, 6.45) is 6.59. The third-order valence-electron chi connectivity index (χ3n) is 10.7. The van der Waals surface area contributed by atoms with Crippen LogP contribution in [-0.4, -0.2) is 136 Å². The largest absolute Gasteiger partial charge is 0.380 e. The number of rotatable bonds is 25. The molecule has 12 N–H and O–H groups in total. The van der Waals surface area contributed by atoms with Crippen molar-refractivity contribution in [1.29, 1.82) is 0 Å². The van der Waals surface area contributed by atoms with E-state index in [-0.39, 0.29) is 0 Å². The number of benzene rings is 1. The molecule has 0 spiro atoms. The van der Waals surface area contributed by atoms with Crippen LogP contribution in [0.5, 0.6) is 0 Å². The van der Waals surface area contributed by atoms with Crippen LogP contribution < -0.4 is 34.4 Å². The van der Waals surface area contributed by atoms with Crippen LogP contribution in [0.3, 0.4) is 0 Å². The minimum atomic E-state index is 0.332. The van der Waals surface area contributed by atoms with E-state index in [9.17, 15) is 0 Å². The second kappa shape index (κ2) is 36.1. The van der Waals surface area contributed by atoms with E-state index in [1.54, 1.807) is 7.11 Å². The topological polar surface area (TPSA) is 191 Å². The highest BCUT2D eigenvalue weighted by molar-refractivity contribution is 5.25. The van der Waals surface area contributed by atoms with E-state index in [2.05, 4.69) is 101 Å². The smallest absolute Gasteiger partial charge is 0.0696 e. The van der Waals surface area contributed by atoms with Crippen molar-refractivity contribution in [3.8, 4) is 0 Å². The van der Waals surface area contributed by atoms with E-state index < -0.39 is 0 Å². The van der Waals surface area contributed by atoms with Crippen molar-refractivity contribution in [1.82, 2.24) is 24.5 Å². The molecule has 13 nitrogen and oxygen atoms in total. The first-order valence-corrected chi connectivity index (χ1v) is 21.0. The fourth-order valence-corrected chi connectivity index (χ4v) is 6.04. The van der Waals surface area contributed by atoms with Gasteiger partial charge in [0.15, 0.2) is 0 Å². The maximum absolute atomic E-state index is 5.69. The number of hydrogen-bond donors (Lipinski definition) is 6. The highest BCUT2D eigenvalue weighted by atomic mass is 16.5. The average molecular weight is 770 g/mol. The summed E-state index contributed by atoms with van der Waals surface area (Å²) in [7, 11) is 1.75. The minimum absolute atomic E-state index is 0.332. The molecule has 1 aliphatic rings. The monoisotopic (exact) mass is 770 g/mol. The van der Waals surface area contributed by atoms with Gasteiger partial charge in [0.05, 0.1) is 25.5 Å². The average Bonchev–Trinajstić information content (AvgIpc) is 3.63. The van der Waals surface area contributed by atoms with Gasteiger partial charge in [0.2, 0.25) is 0 Å². The van der Waals surface area contributed by atoms with Crippen molar-refractivity contribution in [2.75, 3.05) is 99.7 Å². The molecule has 2 rings (SSSR count). The molecule has 0 amide bonds. The molecular formula is C41H91N11O2. The van der Waals surface area contributed by atoms with Crippen LogP contribution in [0, 0.1) is 11.8 Å². The molecule has 0 bridgehead atoms. The summed E-state index contributed by atoms with van der Waals surface area (Å²) in [4.78, 5) is 11.0. The highest BCUT2D eigenvalue weighted by Gasteiger charge is 2.30. The molecule has 322 valence electrons. The zero-order valence-electron chi connectivity index (χ0n) is 36.9. The summed E-state index contributed by atoms with van der Waals surface area (Å²) in [6, 6.07) is 8.74. The molecule has 0 radical (unpaired) electrons. The lowest BCUT2D eigenvalue weighted by Crippen LogP contribution is -2.40. The van der Waals surface area contributed by atoms with Gasteiger partial charge >= 0.3 is 0 Å². The van der Waals surface area contributed by atoms with Crippen molar-refractivity contribution >= 4 is 0 Å². The number of nitrogens with zero attached hydrogens (tertiary/aromatic N) is 5. The van der Waals surface area contributed by atoms with E-state index >= 15 is 0 Å². The number of likely N-dealkylation sites (N-methyl/N-ethyl adjacent to an activating group) is 1. The molecule has 1 aromatic rings.